The molecule has 0 aliphatic rings. The van der Waals surface area contributed by atoms with Crippen LogP contribution in [0.4, 0.5) is 4.39 Å². The predicted octanol–water partition coefficient (Wildman–Crippen LogP) is 2.45. The molecule has 0 aliphatic carbocycles. The van der Waals surface area contributed by atoms with E-state index < -0.39 is 5.91 Å². The highest BCUT2D eigenvalue weighted by Crippen LogP contribution is 2.27. The Balaban J connectivity index is 1.90. The predicted molar refractivity (Wildman–Crippen MR) is 94.8 cm³/mol. The molecule has 138 valence electrons. The van der Waals surface area contributed by atoms with Gasteiger partial charge in [-0.3, -0.25) is 9.59 Å². The van der Waals surface area contributed by atoms with Crippen LogP contribution in [0.3, 0.4) is 0 Å². The van der Waals surface area contributed by atoms with Gasteiger partial charge in [0.2, 0.25) is 5.91 Å². The highest BCUT2D eigenvalue weighted by atomic mass is 19.1. The van der Waals surface area contributed by atoms with Crippen LogP contribution < -0.4 is 20.1 Å². The second-order valence-electron chi connectivity index (χ2n) is 5.59. The number of methoxy groups -OCH3 is 2. The van der Waals surface area contributed by atoms with E-state index in [9.17, 15) is 14.0 Å². The lowest BCUT2D eigenvalue weighted by atomic mass is 10.1. The van der Waals surface area contributed by atoms with E-state index in [4.69, 9.17) is 9.47 Å². The standard InChI is InChI=1S/C19H21FN2O4/c1-12(13-4-7-15(20)8-5-13)22-18(23)11-21-19(24)14-6-9-16(25-2)17(10-14)26-3/h4-10,12H,11H2,1-3H3,(H,21,24)(H,22,23). The first-order chi connectivity index (χ1) is 12.4. The normalized spacial score (nSPS) is 11.4. The summed E-state index contributed by atoms with van der Waals surface area (Å²) in [6.07, 6.45) is 0. The van der Waals surface area contributed by atoms with Crippen LogP contribution in [-0.2, 0) is 4.79 Å². The van der Waals surface area contributed by atoms with Gasteiger partial charge in [0.25, 0.3) is 5.91 Å². The summed E-state index contributed by atoms with van der Waals surface area (Å²) >= 11 is 0. The van der Waals surface area contributed by atoms with Gasteiger partial charge < -0.3 is 20.1 Å². The highest BCUT2D eigenvalue weighted by molar-refractivity contribution is 5.97. The van der Waals surface area contributed by atoms with Crippen molar-refractivity contribution in [2.45, 2.75) is 13.0 Å². The minimum atomic E-state index is -0.407. The maximum Gasteiger partial charge on any atom is 0.251 e. The zero-order valence-corrected chi connectivity index (χ0v) is 14.8. The Kier molecular flexibility index (Phi) is 6.54. The molecule has 2 rings (SSSR count). The lowest BCUT2D eigenvalue weighted by Gasteiger charge is -2.15. The molecule has 0 fully saturated rings. The van der Waals surface area contributed by atoms with Crippen LogP contribution in [0.5, 0.6) is 11.5 Å². The van der Waals surface area contributed by atoms with E-state index in [2.05, 4.69) is 10.6 Å². The number of halogens is 1. The van der Waals surface area contributed by atoms with Gasteiger partial charge in [0, 0.05) is 5.56 Å². The van der Waals surface area contributed by atoms with Crippen LogP contribution in [0.15, 0.2) is 42.5 Å². The van der Waals surface area contributed by atoms with Crippen LogP contribution in [-0.4, -0.2) is 32.6 Å². The van der Waals surface area contributed by atoms with Gasteiger partial charge in [0.1, 0.15) is 5.82 Å². The van der Waals surface area contributed by atoms with Crippen molar-refractivity contribution in [1.29, 1.82) is 0 Å². The van der Waals surface area contributed by atoms with Gasteiger partial charge in [-0.2, -0.15) is 0 Å². The first kappa shape index (κ1) is 19.2. The second-order valence-corrected chi connectivity index (χ2v) is 5.59. The van der Waals surface area contributed by atoms with E-state index in [1.165, 1.54) is 32.4 Å². The number of hydrogen-bond acceptors (Lipinski definition) is 4. The van der Waals surface area contributed by atoms with Crippen LogP contribution in [0.1, 0.15) is 28.9 Å². The quantitative estimate of drug-likeness (QED) is 0.795. The third kappa shape index (κ3) is 4.95. The highest BCUT2D eigenvalue weighted by Gasteiger charge is 2.13. The van der Waals surface area contributed by atoms with E-state index in [0.29, 0.717) is 17.1 Å². The van der Waals surface area contributed by atoms with Gasteiger partial charge in [-0.05, 0) is 42.8 Å². The Hall–Kier alpha value is -3.09. The number of ether oxygens (including phenoxy) is 2. The van der Waals surface area contributed by atoms with Gasteiger partial charge in [-0.25, -0.2) is 4.39 Å². The summed E-state index contributed by atoms with van der Waals surface area (Å²) in [7, 11) is 2.98. The molecule has 2 aromatic carbocycles. The van der Waals surface area contributed by atoms with Crippen molar-refractivity contribution in [3.63, 3.8) is 0 Å². The minimum Gasteiger partial charge on any atom is -0.493 e. The molecule has 0 bridgehead atoms. The van der Waals surface area contributed by atoms with Crippen molar-refractivity contribution >= 4 is 11.8 Å². The monoisotopic (exact) mass is 360 g/mol. The van der Waals surface area contributed by atoms with Crippen molar-refractivity contribution in [3.8, 4) is 11.5 Å². The Bertz CT molecular complexity index is 778. The number of nitrogens with one attached hydrogen (secondary N) is 2. The number of amides is 2. The molecule has 0 radical (unpaired) electrons. The third-order valence-corrected chi connectivity index (χ3v) is 3.80. The van der Waals surface area contributed by atoms with Gasteiger partial charge in [0.15, 0.2) is 11.5 Å². The molecule has 0 saturated heterocycles. The van der Waals surface area contributed by atoms with Crippen molar-refractivity contribution in [1.82, 2.24) is 10.6 Å². The second kappa shape index (κ2) is 8.84. The molecule has 2 N–H and O–H groups in total. The Morgan fingerprint density at radius 3 is 2.31 bits per heavy atom. The zero-order chi connectivity index (χ0) is 19.1. The molecule has 1 atom stereocenters. The molecule has 1 unspecified atom stereocenters. The lowest BCUT2D eigenvalue weighted by molar-refractivity contribution is -0.120. The zero-order valence-electron chi connectivity index (χ0n) is 14.8. The number of rotatable bonds is 7. The minimum absolute atomic E-state index is 0.182. The molecule has 26 heavy (non-hydrogen) atoms. The fraction of sp³-hybridized carbons (Fsp3) is 0.263. The topological polar surface area (TPSA) is 76.7 Å². The molecule has 0 aliphatic heterocycles. The Morgan fingerprint density at radius 2 is 1.69 bits per heavy atom. The molecule has 0 spiro atoms. The molecule has 6 nitrogen and oxygen atoms in total. The van der Waals surface area contributed by atoms with Crippen LogP contribution in [0.2, 0.25) is 0 Å². The van der Waals surface area contributed by atoms with Crippen molar-refractivity contribution in [2.24, 2.45) is 0 Å². The fourth-order valence-corrected chi connectivity index (χ4v) is 2.37. The van der Waals surface area contributed by atoms with E-state index in [0.717, 1.165) is 5.56 Å². The average Bonchev–Trinajstić information content (AvgIpc) is 2.65. The molecule has 2 amide bonds. The van der Waals surface area contributed by atoms with Crippen LogP contribution in [0.25, 0.3) is 0 Å². The van der Waals surface area contributed by atoms with Crippen molar-refractivity contribution in [3.05, 3.63) is 59.4 Å². The summed E-state index contributed by atoms with van der Waals surface area (Å²) in [5.41, 5.74) is 1.12. The summed E-state index contributed by atoms with van der Waals surface area (Å²) in [4.78, 5) is 24.2. The maximum atomic E-state index is 12.9. The van der Waals surface area contributed by atoms with E-state index in [-0.39, 0.29) is 24.3 Å². The molecule has 0 aromatic heterocycles. The van der Waals surface area contributed by atoms with Gasteiger partial charge in [0.05, 0.1) is 26.8 Å². The SMILES string of the molecule is COc1ccc(C(=O)NCC(=O)NC(C)c2ccc(F)cc2)cc1OC. The maximum absolute atomic E-state index is 12.9. The molecular weight excluding hydrogens is 339 g/mol. The first-order valence-electron chi connectivity index (χ1n) is 7.99. The number of benzene rings is 2. The summed E-state index contributed by atoms with van der Waals surface area (Å²) in [5.74, 6) is -0.162. The molecule has 7 heteroatoms. The molecule has 0 saturated carbocycles. The Morgan fingerprint density at radius 1 is 1.04 bits per heavy atom. The van der Waals surface area contributed by atoms with E-state index >= 15 is 0 Å². The van der Waals surface area contributed by atoms with Crippen molar-refractivity contribution < 1.29 is 23.5 Å². The van der Waals surface area contributed by atoms with E-state index in [1.54, 1.807) is 31.2 Å². The van der Waals surface area contributed by atoms with Gasteiger partial charge in [-0.15, -0.1) is 0 Å². The number of carbonyl (C=O) groups excluding carboxylic acids is 2. The fourth-order valence-electron chi connectivity index (χ4n) is 2.37. The summed E-state index contributed by atoms with van der Waals surface area (Å²) in [6, 6.07) is 10.3. The number of hydrogen-bond donors (Lipinski definition) is 2. The smallest absolute Gasteiger partial charge is 0.251 e. The van der Waals surface area contributed by atoms with Crippen LogP contribution >= 0.6 is 0 Å². The molecular formula is C19H21FN2O4. The van der Waals surface area contributed by atoms with Crippen LogP contribution in [0, 0.1) is 5.82 Å². The van der Waals surface area contributed by atoms with Crippen molar-refractivity contribution in [2.75, 3.05) is 20.8 Å². The lowest BCUT2D eigenvalue weighted by Crippen LogP contribution is -2.38. The first-order valence-corrected chi connectivity index (χ1v) is 7.99. The molecule has 0 heterocycles. The summed E-state index contributed by atoms with van der Waals surface area (Å²) in [5, 5.41) is 5.29. The molecule has 2 aromatic rings. The average molecular weight is 360 g/mol. The van der Waals surface area contributed by atoms with Gasteiger partial charge >= 0.3 is 0 Å². The van der Waals surface area contributed by atoms with E-state index in [1.807, 2.05) is 0 Å². The number of carbonyl (C=O) groups is 2. The summed E-state index contributed by atoms with van der Waals surface area (Å²) < 4.78 is 23.2. The van der Waals surface area contributed by atoms with Gasteiger partial charge in [-0.1, -0.05) is 12.1 Å². The Labute approximate surface area is 151 Å². The summed E-state index contributed by atoms with van der Waals surface area (Å²) in [6.45, 7) is 1.60. The largest absolute Gasteiger partial charge is 0.493 e. The third-order valence-electron chi connectivity index (χ3n) is 3.80.